The van der Waals surface area contributed by atoms with Gasteiger partial charge in [0.1, 0.15) is 5.82 Å². The van der Waals surface area contributed by atoms with Crippen LogP contribution in [-0.2, 0) is 12.8 Å². The van der Waals surface area contributed by atoms with Gasteiger partial charge in [-0.05, 0) is 37.3 Å². The lowest BCUT2D eigenvalue weighted by Gasteiger charge is -2.37. The Morgan fingerprint density at radius 3 is 2.79 bits per heavy atom. The number of primary amides is 1. The molecule has 1 aromatic rings. The summed E-state index contributed by atoms with van der Waals surface area (Å²) in [5.74, 6) is 0.370. The number of rotatable bonds is 3. The van der Waals surface area contributed by atoms with Gasteiger partial charge in [0.05, 0.1) is 11.6 Å². The van der Waals surface area contributed by atoms with Crippen LogP contribution in [0.5, 0.6) is 0 Å². The fourth-order valence-corrected chi connectivity index (χ4v) is 2.79. The van der Waals surface area contributed by atoms with E-state index in [1.165, 1.54) is 18.4 Å². The average Bonchev–Trinajstić information content (AvgIpc) is 2.35. The lowest BCUT2D eigenvalue weighted by molar-refractivity contribution is 0.1000. The highest BCUT2D eigenvalue weighted by Gasteiger charge is 2.27. The number of nitrogens with two attached hydrogens (primary N) is 1. The van der Waals surface area contributed by atoms with Crippen molar-refractivity contribution in [3.05, 3.63) is 22.9 Å². The van der Waals surface area contributed by atoms with Crippen molar-refractivity contribution < 1.29 is 4.79 Å². The number of nitrogens with zero attached hydrogens (tertiary/aromatic N) is 2. The molecule has 3 N–H and O–H groups in total. The van der Waals surface area contributed by atoms with E-state index in [-0.39, 0.29) is 5.91 Å². The van der Waals surface area contributed by atoms with Gasteiger partial charge in [-0.2, -0.15) is 0 Å². The van der Waals surface area contributed by atoms with Crippen LogP contribution >= 0.6 is 0 Å². The van der Waals surface area contributed by atoms with Gasteiger partial charge in [0.2, 0.25) is 0 Å². The third kappa shape index (κ3) is 2.18. The molecule has 1 aliphatic carbocycles. The van der Waals surface area contributed by atoms with E-state index in [1.807, 2.05) is 13.1 Å². The molecule has 0 spiro atoms. The topological polar surface area (TPSA) is 71.2 Å². The number of amides is 1. The molecule has 2 aliphatic rings. The second-order valence-corrected chi connectivity index (χ2v) is 5.46. The second-order valence-electron chi connectivity index (χ2n) is 5.46. The van der Waals surface area contributed by atoms with Crippen LogP contribution in [0.15, 0.2) is 6.07 Å². The quantitative estimate of drug-likeness (QED) is 0.828. The van der Waals surface area contributed by atoms with Crippen molar-refractivity contribution in [1.29, 1.82) is 0 Å². The predicted octanol–water partition coefficient (Wildman–Crippen LogP) is 0.467. The highest BCUT2D eigenvalue weighted by molar-refractivity contribution is 5.98. The van der Waals surface area contributed by atoms with Crippen LogP contribution in [0.2, 0.25) is 0 Å². The standard InChI is InChI=1S/C14H20N4O/c1-18(10-7-16-8-10)14-11(13(15)19)6-9-4-2-3-5-12(9)17-14/h6,10,16H,2-5,7-8H2,1H3,(H2,15,19). The van der Waals surface area contributed by atoms with Crippen molar-refractivity contribution in [2.24, 2.45) is 5.73 Å². The fraction of sp³-hybridized carbons (Fsp3) is 0.571. The van der Waals surface area contributed by atoms with E-state index in [4.69, 9.17) is 10.7 Å². The zero-order chi connectivity index (χ0) is 13.4. The highest BCUT2D eigenvalue weighted by Crippen LogP contribution is 2.27. The molecule has 0 atom stereocenters. The van der Waals surface area contributed by atoms with Crippen molar-refractivity contribution in [1.82, 2.24) is 10.3 Å². The molecule has 1 fully saturated rings. The van der Waals surface area contributed by atoms with Gasteiger partial charge < -0.3 is 16.0 Å². The molecule has 1 aliphatic heterocycles. The van der Waals surface area contributed by atoms with E-state index in [9.17, 15) is 4.79 Å². The summed E-state index contributed by atoms with van der Waals surface area (Å²) in [6.07, 6.45) is 4.38. The van der Waals surface area contributed by atoms with Gasteiger partial charge in [0.15, 0.2) is 0 Å². The Morgan fingerprint density at radius 2 is 2.16 bits per heavy atom. The second kappa shape index (κ2) is 4.81. The number of fused-ring (bicyclic) bond motifs is 1. The first-order chi connectivity index (χ1) is 9.16. The lowest BCUT2D eigenvalue weighted by Crippen LogP contribution is -2.56. The molecule has 19 heavy (non-hydrogen) atoms. The molecule has 102 valence electrons. The van der Waals surface area contributed by atoms with Gasteiger partial charge in [-0.15, -0.1) is 0 Å². The maximum Gasteiger partial charge on any atom is 0.252 e. The van der Waals surface area contributed by atoms with Crippen LogP contribution < -0.4 is 16.0 Å². The molecular weight excluding hydrogens is 240 g/mol. The number of carbonyl (C=O) groups is 1. The molecule has 5 nitrogen and oxygen atoms in total. The number of nitrogens with one attached hydrogen (secondary N) is 1. The number of aromatic nitrogens is 1. The van der Waals surface area contributed by atoms with Crippen molar-refractivity contribution in [2.75, 3.05) is 25.0 Å². The maximum atomic E-state index is 11.7. The van der Waals surface area contributed by atoms with E-state index < -0.39 is 0 Å². The van der Waals surface area contributed by atoms with Crippen LogP contribution in [0.1, 0.15) is 34.5 Å². The van der Waals surface area contributed by atoms with Gasteiger partial charge in [0.25, 0.3) is 5.91 Å². The third-order valence-electron chi connectivity index (χ3n) is 4.19. The number of hydrogen-bond acceptors (Lipinski definition) is 4. The molecule has 1 amide bonds. The first-order valence-corrected chi connectivity index (χ1v) is 6.93. The number of pyridine rings is 1. The Morgan fingerprint density at radius 1 is 1.42 bits per heavy atom. The highest BCUT2D eigenvalue weighted by atomic mass is 16.1. The van der Waals surface area contributed by atoms with Crippen molar-refractivity contribution in [3.8, 4) is 0 Å². The van der Waals surface area contributed by atoms with Gasteiger partial charge in [-0.1, -0.05) is 0 Å². The zero-order valence-electron chi connectivity index (χ0n) is 11.3. The minimum absolute atomic E-state index is 0.380. The SMILES string of the molecule is CN(c1nc2c(cc1C(N)=O)CCCC2)C1CNC1. The number of likely N-dealkylation sites (N-methyl/N-ethyl adjacent to an activating group) is 1. The average molecular weight is 260 g/mol. The largest absolute Gasteiger partial charge is 0.365 e. The summed E-state index contributed by atoms with van der Waals surface area (Å²) < 4.78 is 0. The number of hydrogen-bond donors (Lipinski definition) is 2. The van der Waals surface area contributed by atoms with E-state index in [0.717, 1.165) is 37.4 Å². The Labute approximate surface area is 113 Å². The molecule has 3 rings (SSSR count). The number of carbonyl (C=O) groups excluding carboxylic acids is 1. The Hall–Kier alpha value is -1.62. The normalized spacial score (nSPS) is 18.6. The smallest absolute Gasteiger partial charge is 0.252 e. The van der Waals surface area contributed by atoms with E-state index in [0.29, 0.717) is 11.6 Å². The molecule has 0 saturated carbocycles. The predicted molar refractivity (Wildman–Crippen MR) is 74.5 cm³/mol. The van der Waals surface area contributed by atoms with Gasteiger partial charge >= 0.3 is 0 Å². The Balaban J connectivity index is 2.02. The van der Waals surface area contributed by atoms with E-state index >= 15 is 0 Å². The van der Waals surface area contributed by atoms with Crippen LogP contribution in [0, 0.1) is 0 Å². The molecule has 1 aromatic heterocycles. The van der Waals surface area contributed by atoms with Crippen LogP contribution in [0.4, 0.5) is 5.82 Å². The summed E-state index contributed by atoms with van der Waals surface area (Å²) in [6, 6.07) is 2.37. The molecule has 5 heteroatoms. The minimum atomic E-state index is -0.380. The van der Waals surface area contributed by atoms with Gasteiger partial charge in [-0.3, -0.25) is 4.79 Å². The van der Waals surface area contributed by atoms with Crippen molar-refractivity contribution >= 4 is 11.7 Å². The monoisotopic (exact) mass is 260 g/mol. The molecule has 0 aromatic carbocycles. The Bertz CT molecular complexity index is 510. The molecule has 0 bridgehead atoms. The molecule has 2 heterocycles. The molecular formula is C14H20N4O. The maximum absolute atomic E-state index is 11.7. The molecule has 0 radical (unpaired) electrons. The summed E-state index contributed by atoms with van der Waals surface area (Å²) in [4.78, 5) is 18.5. The first kappa shape index (κ1) is 12.4. The van der Waals surface area contributed by atoms with Crippen LogP contribution in [-0.4, -0.2) is 37.1 Å². The summed E-state index contributed by atoms with van der Waals surface area (Å²) in [5.41, 5.74) is 8.43. The van der Waals surface area contributed by atoms with Crippen molar-refractivity contribution in [3.63, 3.8) is 0 Å². The lowest BCUT2D eigenvalue weighted by atomic mass is 9.94. The van der Waals surface area contributed by atoms with Crippen LogP contribution in [0.25, 0.3) is 0 Å². The minimum Gasteiger partial charge on any atom is -0.365 e. The third-order valence-corrected chi connectivity index (χ3v) is 4.19. The summed E-state index contributed by atoms with van der Waals surface area (Å²) in [6.45, 7) is 1.88. The fourth-order valence-electron chi connectivity index (χ4n) is 2.79. The van der Waals surface area contributed by atoms with Gasteiger partial charge in [-0.25, -0.2) is 4.98 Å². The molecule has 1 saturated heterocycles. The summed E-state index contributed by atoms with van der Waals surface area (Å²) in [7, 11) is 2.00. The van der Waals surface area contributed by atoms with Gasteiger partial charge in [0, 0.05) is 25.8 Å². The first-order valence-electron chi connectivity index (χ1n) is 6.93. The number of anilines is 1. The molecule has 0 unspecified atom stereocenters. The summed E-state index contributed by atoms with van der Waals surface area (Å²) >= 11 is 0. The van der Waals surface area contributed by atoms with Crippen LogP contribution in [0.3, 0.4) is 0 Å². The van der Waals surface area contributed by atoms with Crippen molar-refractivity contribution in [2.45, 2.75) is 31.7 Å². The summed E-state index contributed by atoms with van der Waals surface area (Å²) in [5, 5.41) is 3.24. The zero-order valence-corrected chi connectivity index (χ0v) is 11.3. The van der Waals surface area contributed by atoms with E-state index in [2.05, 4.69) is 10.2 Å². The van der Waals surface area contributed by atoms with E-state index in [1.54, 1.807) is 0 Å². The number of aryl methyl sites for hydroxylation is 2. The Kier molecular flexibility index (Phi) is 3.14.